The van der Waals surface area contributed by atoms with Crippen LogP contribution in [-0.4, -0.2) is 30.1 Å². The van der Waals surface area contributed by atoms with E-state index in [2.05, 4.69) is 39.1 Å². The predicted molar refractivity (Wildman–Crippen MR) is 86.7 cm³/mol. The Morgan fingerprint density at radius 1 is 1.30 bits per heavy atom. The molecule has 2 rings (SSSR count). The third kappa shape index (κ3) is 3.97. The number of likely N-dealkylation sites (tertiary alicyclic amines) is 1. The number of hydrogen-bond acceptors (Lipinski definition) is 3. The van der Waals surface area contributed by atoms with Gasteiger partial charge in [0, 0.05) is 16.7 Å². The summed E-state index contributed by atoms with van der Waals surface area (Å²) in [5, 5.41) is 13.1. The van der Waals surface area contributed by atoms with Gasteiger partial charge in [0.15, 0.2) is 0 Å². The van der Waals surface area contributed by atoms with Crippen LogP contribution in [-0.2, 0) is 0 Å². The second kappa shape index (κ2) is 7.10. The lowest BCUT2D eigenvalue weighted by Gasteiger charge is -2.28. The fraction of sp³-hybridized carbons (Fsp3) is 0.562. The highest BCUT2D eigenvalue weighted by atomic mass is 79.9. The van der Waals surface area contributed by atoms with E-state index < -0.39 is 5.54 Å². The molecule has 1 aliphatic rings. The van der Waals surface area contributed by atoms with Gasteiger partial charge in [-0.1, -0.05) is 22.9 Å². The van der Waals surface area contributed by atoms with Crippen LogP contribution < -0.4 is 5.32 Å². The maximum atomic E-state index is 9.66. The minimum absolute atomic E-state index is 0.420. The zero-order valence-corrected chi connectivity index (χ0v) is 13.6. The molecule has 0 aliphatic carbocycles. The Bertz CT molecular complexity index is 466. The third-order valence-electron chi connectivity index (χ3n) is 3.91. The van der Waals surface area contributed by atoms with Crippen LogP contribution in [0.4, 0.5) is 5.69 Å². The van der Waals surface area contributed by atoms with E-state index in [-0.39, 0.29) is 0 Å². The zero-order chi connectivity index (χ0) is 14.4. The molecule has 1 heterocycles. The smallest absolute Gasteiger partial charge is 0.126 e. The average molecular weight is 336 g/mol. The van der Waals surface area contributed by atoms with Crippen molar-refractivity contribution in [3.63, 3.8) is 0 Å². The Kier molecular flexibility index (Phi) is 5.45. The molecule has 3 nitrogen and oxygen atoms in total. The Labute approximate surface area is 130 Å². The summed E-state index contributed by atoms with van der Waals surface area (Å²) in [4.78, 5) is 2.47. The number of hydrogen-bond donors (Lipinski definition) is 1. The molecule has 1 atom stereocenters. The Balaban J connectivity index is 2.06. The van der Waals surface area contributed by atoms with Crippen LogP contribution in [0.1, 0.15) is 32.6 Å². The summed E-state index contributed by atoms with van der Waals surface area (Å²) in [5.41, 5.74) is 0.606. The van der Waals surface area contributed by atoms with Crippen molar-refractivity contribution in [3.8, 4) is 6.07 Å². The second-order valence-electron chi connectivity index (χ2n) is 5.52. The van der Waals surface area contributed by atoms with Crippen molar-refractivity contribution >= 4 is 21.6 Å². The zero-order valence-electron chi connectivity index (χ0n) is 12.0. The van der Waals surface area contributed by atoms with Gasteiger partial charge < -0.3 is 10.2 Å². The Morgan fingerprint density at radius 3 is 2.70 bits per heavy atom. The van der Waals surface area contributed by atoms with E-state index in [9.17, 15) is 5.26 Å². The van der Waals surface area contributed by atoms with Crippen molar-refractivity contribution < 1.29 is 0 Å². The van der Waals surface area contributed by atoms with Gasteiger partial charge in [-0.25, -0.2) is 0 Å². The monoisotopic (exact) mass is 335 g/mol. The number of nitrogens with one attached hydrogen (secondary N) is 1. The van der Waals surface area contributed by atoms with Crippen molar-refractivity contribution in [2.45, 2.75) is 38.1 Å². The first kappa shape index (κ1) is 15.3. The molecular formula is C16H22BrN3. The minimum Gasteiger partial charge on any atom is -0.367 e. The largest absolute Gasteiger partial charge is 0.367 e. The standard InChI is InChI=1S/C16H22BrN3/c1-2-10-20-11-3-8-16(13-18,9-12-20)19-15-6-4-14(17)5-7-15/h4-7,19H,2-3,8-12H2,1H3. The van der Waals surface area contributed by atoms with Gasteiger partial charge in [-0.2, -0.15) is 5.26 Å². The molecule has 0 spiro atoms. The Morgan fingerprint density at radius 2 is 2.05 bits per heavy atom. The fourth-order valence-corrected chi connectivity index (χ4v) is 3.07. The number of halogens is 1. The van der Waals surface area contributed by atoms with Gasteiger partial charge in [0.2, 0.25) is 0 Å². The minimum atomic E-state index is -0.420. The molecule has 0 aromatic heterocycles. The lowest BCUT2D eigenvalue weighted by molar-refractivity contribution is 0.283. The summed E-state index contributed by atoms with van der Waals surface area (Å²) >= 11 is 3.44. The van der Waals surface area contributed by atoms with Gasteiger partial charge in [0.25, 0.3) is 0 Å². The highest BCUT2D eigenvalue weighted by molar-refractivity contribution is 9.10. The van der Waals surface area contributed by atoms with Gasteiger partial charge in [0.1, 0.15) is 5.54 Å². The molecule has 0 radical (unpaired) electrons. The summed E-state index contributed by atoms with van der Waals surface area (Å²) in [6.45, 7) is 5.46. The lowest BCUT2D eigenvalue weighted by Crippen LogP contribution is -2.38. The van der Waals surface area contributed by atoms with Crippen LogP contribution in [0.5, 0.6) is 0 Å². The third-order valence-corrected chi connectivity index (χ3v) is 4.44. The van der Waals surface area contributed by atoms with Gasteiger partial charge in [0.05, 0.1) is 6.07 Å². The molecular weight excluding hydrogens is 314 g/mol. The molecule has 1 fully saturated rings. The van der Waals surface area contributed by atoms with Crippen LogP contribution in [0.25, 0.3) is 0 Å². The summed E-state index contributed by atoms with van der Waals surface area (Å²) < 4.78 is 1.06. The normalized spacial score (nSPS) is 23.9. The van der Waals surface area contributed by atoms with E-state index in [1.807, 2.05) is 24.3 Å². The van der Waals surface area contributed by atoms with Crippen molar-refractivity contribution in [1.82, 2.24) is 4.90 Å². The quantitative estimate of drug-likeness (QED) is 0.903. The number of rotatable bonds is 4. The topological polar surface area (TPSA) is 39.1 Å². The van der Waals surface area contributed by atoms with Crippen LogP contribution >= 0.6 is 15.9 Å². The predicted octanol–water partition coefficient (Wildman–Crippen LogP) is 4.02. The van der Waals surface area contributed by atoms with Crippen LogP contribution in [0.3, 0.4) is 0 Å². The molecule has 1 saturated heterocycles. The second-order valence-corrected chi connectivity index (χ2v) is 6.44. The van der Waals surface area contributed by atoms with Crippen molar-refractivity contribution in [3.05, 3.63) is 28.7 Å². The molecule has 0 amide bonds. The molecule has 20 heavy (non-hydrogen) atoms. The summed E-state index contributed by atoms with van der Waals surface area (Å²) in [5.74, 6) is 0. The first-order valence-electron chi connectivity index (χ1n) is 7.35. The number of anilines is 1. The summed E-state index contributed by atoms with van der Waals surface area (Å²) in [6.07, 6.45) is 4.07. The maximum absolute atomic E-state index is 9.66. The first-order chi connectivity index (χ1) is 9.67. The molecule has 1 unspecified atom stereocenters. The molecule has 1 aromatic carbocycles. The molecule has 0 bridgehead atoms. The molecule has 4 heteroatoms. The van der Waals surface area contributed by atoms with E-state index >= 15 is 0 Å². The maximum Gasteiger partial charge on any atom is 0.126 e. The molecule has 0 saturated carbocycles. The highest BCUT2D eigenvalue weighted by Crippen LogP contribution is 2.27. The molecule has 1 aromatic rings. The van der Waals surface area contributed by atoms with Gasteiger partial charge >= 0.3 is 0 Å². The fourth-order valence-electron chi connectivity index (χ4n) is 2.80. The van der Waals surface area contributed by atoms with Crippen LogP contribution in [0.15, 0.2) is 28.7 Å². The van der Waals surface area contributed by atoms with E-state index in [1.165, 1.54) is 6.42 Å². The van der Waals surface area contributed by atoms with E-state index in [1.54, 1.807) is 0 Å². The van der Waals surface area contributed by atoms with Crippen LogP contribution in [0.2, 0.25) is 0 Å². The average Bonchev–Trinajstić information content (AvgIpc) is 2.66. The van der Waals surface area contributed by atoms with E-state index in [0.29, 0.717) is 0 Å². The van der Waals surface area contributed by atoms with Crippen molar-refractivity contribution in [2.75, 3.05) is 25.0 Å². The number of benzene rings is 1. The van der Waals surface area contributed by atoms with E-state index in [0.717, 1.165) is 49.1 Å². The molecule has 1 aliphatic heterocycles. The number of nitriles is 1. The van der Waals surface area contributed by atoms with Gasteiger partial charge in [-0.05, 0) is 63.0 Å². The SMILES string of the molecule is CCCN1CCCC(C#N)(Nc2ccc(Br)cc2)CC1. The van der Waals surface area contributed by atoms with Crippen LogP contribution in [0, 0.1) is 11.3 Å². The van der Waals surface area contributed by atoms with Crippen molar-refractivity contribution in [2.24, 2.45) is 0 Å². The first-order valence-corrected chi connectivity index (χ1v) is 8.14. The summed E-state index contributed by atoms with van der Waals surface area (Å²) in [6, 6.07) is 10.6. The van der Waals surface area contributed by atoms with Crippen molar-refractivity contribution in [1.29, 1.82) is 5.26 Å². The molecule has 108 valence electrons. The lowest BCUT2D eigenvalue weighted by atomic mass is 9.92. The Hall–Kier alpha value is -1.05. The highest BCUT2D eigenvalue weighted by Gasteiger charge is 2.32. The van der Waals surface area contributed by atoms with Gasteiger partial charge in [-0.15, -0.1) is 0 Å². The summed E-state index contributed by atoms with van der Waals surface area (Å²) in [7, 11) is 0. The number of nitrogens with zero attached hydrogens (tertiary/aromatic N) is 2. The van der Waals surface area contributed by atoms with E-state index in [4.69, 9.17) is 0 Å². The van der Waals surface area contributed by atoms with Gasteiger partial charge in [-0.3, -0.25) is 0 Å². The molecule has 1 N–H and O–H groups in total.